The lowest BCUT2D eigenvalue weighted by molar-refractivity contribution is 0.0486. The molecule has 2 fully saturated rings. The van der Waals surface area contributed by atoms with Crippen molar-refractivity contribution in [2.45, 2.75) is 57.7 Å². The molecule has 112 valence electrons. The molecule has 3 rings (SSSR count). The second-order valence-electron chi connectivity index (χ2n) is 6.78. The molecule has 6 heteroatoms. The number of aromatic nitrogens is 4. The minimum absolute atomic E-state index is 0.341. The van der Waals surface area contributed by atoms with Gasteiger partial charge in [-0.1, -0.05) is 26.7 Å². The maximum absolute atomic E-state index is 4.35. The van der Waals surface area contributed by atoms with E-state index in [1.165, 1.54) is 25.7 Å². The van der Waals surface area contributed by atoms with Crippen LogP contribution in [0, 0.1) is 5.92 Å². The monoisotopic (exact) mass is 278 g/mol. The van der Waals surface area contributed by atoms with E-state index in [2.05, 4.69) is 39.5 Å². The van der Waals surface area contributed by atoms with E-state index < -0.39 is 0 Å². The number of aryl methyl sites for hydroxylation is 1. The van der Waals surface area contributed by atoms with Gasteiger partial charge in [0.05, 0.1) is 13.6 Å². The average Bonchev–Trinajstić information content (AvgIpc) is 2.99. The highest BCUT2D eigenvalue weighted by Gasteiger charge is 2.41. The number of hydrogen-bond donors (Lipinski definition) is 1. The van der Waals surface area contributed by atoms with Crippen molar-refractivity contribution >= 4 is 0 Å². The summed E-state index contributed by atoms with van der Waals surface area (Å²) >= 11 is 0. The van der Waals surface area contributed by atoms with Crippen LogP contribution in [0.15, 0.2) is 0 Å². The standard InChI is InChI=1S/C14H26N6/c1-11(2)12-8-15-14(6-4-5-7-14)10-20(12)9-13-16-18-19(3)17-13/h11-12,15H,4-10H2,1-3H3. The SMILES string of the molecule is CC(C)C1CNC2(CCCC2)CN1Cc1nnn(C)n1. The van der Waals surface area contributed by atoms with Crippen LogP contribution in [-0.2, 0) is 13.6 Å². The van der Waals surface area contributed by atoms with Gasteiger partial charge in [0.2, 0.25) is 0 Å². The summed E-state index contributed by atoms with van der Waals surface area (Å²) in [4.78, 5) is 4.12. The Morgan fingerprint density at radius 3 is 2.70 bits per heavy atom. The molecular formula is C14H26N6. The molecule has 0 radical (unpaired) electrons. The molecule has 20 heavy (non-hydrogen) atoms. The summed E-state index contributed by atoms with van der Waals surface area (Å²) in [6, 6.07) is 0.560. The summed E-state index contributed by atoms with van der Waals surface area (Å²) in [5, 5.41) is 16.3. The highest BCUT2D eigenvalue weighted by atomic mass is 15.6. The van der Waals surface area contributed by atoms with E-state index in [1.807, 2.05) is 7.05 Å². The molecule has 1 spiro atoms. The van der Waals surface area contributed by atoms with Gasteiger partial charge in [0, 0.05) is 24.7 Å². The number of hydrogen-bond acceptors (Lipinski definition) is 5. The molecule has 1 aliphatic carbocycles. The van der Waals surface area contributed by atoms with Gasteiger partial charge in [0.1, 0.15) is 0 Å². The zero-order valence-electron chi connectivity index (χ0n) is 12.8. The lowest BCUT2D eigenvalue weighted by Crippen LogP contribution is -2.64. The van der Waals surface area contributed by atoms with Crippen molar-refractivity contribution in [1.29, 1.82) is 0 Å². The minimum atomic E-state index is 0.341. The van der Waals surface area contributed by atoms with E-state index in [-0.39, 0.29) is 0 Å². The Morgan fingerprint density at radius 1 is 1.35 bits per heavy atom. The zero-order valence-corrected chi connectivity index (χ0v) is 12.8. The second-order valence-corrected chi connectivity index (χ2v) is 6.78. The van der Waals surface area contributed by atoms with Crippen LogP contribution < -0.4 is 5.32 Å². The fraction of sp³-hybridized carbons (Fsp3) is 0.929. The molecular weight excluding hydrogens is 252 g/mol. The number of piperazine rings is 1. The Labute approximate surface area is 120 Å². The highest BCUT2D eigenvalue weighted by Crippen LogP contribution is 2.34. The Hall–Kier alpha value is -1.01. The first kappa shape index (κ1) is 13.9. The van der Waals surface area contributed by atoms with Crippen molar-refractivity contribution in [2.24, 2.45) is 13.0 Å². The van der Waals surface area contributed by atoms with Crippen LogP contribution >= 0.6 is 0 Å². The largest absolute Gasteiger partial charge is 0.308 e. The first-order valence-electron chi connectivity index (χ1n) is 7.80. The van der Waals surface area contributed by atoms with E-state index in [4.69, 9.17) is 0 Å². The molecule has 1 unspecified atom stereocenters. The van der Waals surface area contributed by atoms with Gasteiger partial charge in [-0.05, 0) is 24.0 Å². The third-order valence-corrected chi connectivity index (χ3v) is 4.89. The summed E-state index contributed by atoms with van der Waals surface area (Å²) < 4.78 is 0. The van der Waals surface area contributed by atoms with Crippen LogP contribution in [0.5, 0.6) is 0 Å². The predicted molar refractivity (Wildman–Crippen MR) is 77.0 cm³/mol. The summed E-state index contributed by atoms with van der Waals surface area (Å²) in [7, 11) is 1.83. The van der Waals surface area contributed by atoms with Crippen molar-refractivity contribution in [3.63, 3.8) is 0 Å². The predicted octanol–water partition coefficient (Wildman–Crippen LogP) is 0.953. The summed E-state index contributed by atoms with van der Waals surface area (Å²) in [6.07, 6.45) is 5.33. The van der Waals surface area contributed by atoms with Crippen LogP contribution in [-0.4, -0.2) is 49.8 Å². The molecule has 2 heterocycles. The van der Waals surface area contributed by atoms with Gasteiger partial charge < -0.3 is 5.32 Å². The second kappa shape index (κ2) is 5.41. The summed E-state index contributed by atoms with van der Waals surface area (Å²) in [5.41, 5.74) is 0.341. The Bertz CT molecular complexity index is 448. The minimum Gasteiger partial charge on any atom is -0.308 e. The Kier molecular flexibility index (Phi) is 3.77. The quantitative estimate of drug-likeness (QED) is 0.892. The van der Waals surface area contributed by atoms with Crippen LogP contribution in [0.3, 0.4) is 0 Å². The molecule has 0 amide bonds. The number of rotatable bonds is 3. The fourth-order valence-corrected chi connectivity index (χ4v) is 3.80. The van der Waals surface area contributed by atoms with Crippen LogP contribution in [0.1, 0.15) is 45.4 Å². The smallest absolute Gasteiger partial charge is 0.188 e. The maximum Gasteiger partial charge on any atom is 0.188 e. The third-order valence-electron chi connectivity index (χ3n) is 4.89. The van der Waals surface area contributed by atoms with E-state index in [9.17, 15) is 0 Å². The summed E-state index contributed by atoms with van der Waals surface area (Å²) in [6.45, 7) is 7.62. The van der Waals surface area contributed by atoms with Crippen molar-refractivity contribution in [2.75, 3.05) is 13.1 Å². The van der Waals surface area contributed by atoms with Crippen molar-refractivity contribution < 1.29 is 0 Å². The molecule has 1 saturated carbocycles. The molecule has 1 aromatic heterocycles. The van der Waals surface area contributed by atoms with E-state index in [1.54, 1.807) is 4.80 Å². The van der Waals surface area contributed by atoms with Gasteiger partial charge in [-0.15, -0.1) is 10.2 Å². The topological polar surface area (TPSA) is 58.9 Å². The molecule has 1 saturated heterocycles. The lowest BCUT2D eigenvalue weighted by Gasteiger charge is -2.47. The van der Waals surface area contributed by atoms with Crippen LogP contribution in [0.4, 0.5) is 0 Å². The highest BCUT2D eigenvalue weighted by molar-refractivity contribution is 5.02. The maximum atomic E-state index is 4.35. The Morgan fingerprint density at radius 2 is 2.10 bits per heavy atom. The molecule has 1 aliphatic heterocycles. The van der Waals surface area contributed by atoms with E-state index >= 15 is 0 Å². The molecule has 1 atom stereocenters. The number of tetrazole rings is 1. The molecule has 0 aromatic carbocycles. The number of nitrogens with one attached hydrogen (secondary N) is 1. The fourth-order valence-electron chi connectivity index (χ4n) is 3.80. The van der Waals surface area contributed by atoms with Crippen LogP contribution in [0.25, 0.3) is 0 Å². The molecule has 1 N–H and O–H groups in total. The third kappa shape index (κ3) is 2.72. The molecule has 6 nitrogen and oxygen atoms in total. The van der Waals surface area contributed by atoms with E-state index in [0.29, 0.717) is 17.5 Å². The first-order valence-corrected chi connectivity index (χ1v) is 7.80. The zero-order chi connectivity index (χ0) is 14.2. The first-order chi connectivity index (χ1) is 9.58. The normalized spacial score (nSPS) is 26.7. The molecule has 1 aromatic rings. The van der Waals surface area contributed by atoms with Gasteiger partial charge in [0.25, 0.3) is 0 Å². The van der Waals surface area contributed by atoms with Crippen molar-refractivity contribution in [3.8, 4) is 0 Å². The molecule has 0 bridgehead atoms. The van der Waals surface area contributed by atoms with E-state index in [0.717, 1.165) is 25.5 Å². The van der Waals surface area contributed by atoms with Crippen molar-refractivity contribution in [3.05, 3.63) is 5.82 Å². The molecule has 2 aliphatic rings. The van der Waals surface area contributed by atoms with Gasteiger partial charge in [-0.2, -0.15) is 4.80 Å². The van der Waals surface area contributed by atoms with Gasteiger partial charge in [0.15, 0.2) is 5.82 Å². The van der Waals surface area contributed by atoms with Gasteiger partial charge >= 0.3 is 0 Å². The number of nitrogens with zero attached hydrogens (tertiary/aromatic N) is 5. The van der Waals surface area contributed by atoms with Gasteiger partial charge in [-0.3, -0.25) is 4.90 Å². The Balaban J connectivity index is 1.75. The van der Waals surface area contributed by atoms with Crippen LogP contribution in [0.2, 0.25) is 0 Å². The van der Waals surface area contributed by atoms with Crippen molar-refractivity contribution in [1.82, 2.24) is 30.4 Å². The average molecular weight is 278 g/mol. The summed E-state index contributed by atoms with van der Waals surface area (Å²) in [5.74, 6) is 1.48. The lowest BCUT2D eigenvalue weighted by atomic mass is 9.89. The van der Waals surface area contributed by atoms with Gasteiger partial charge in [-0.25, -0.2) is 0 Å².